The first kappa shape index (κ1) is 12.5. The zero-order valence-corrected chi connectivity index (χ0v) is 11.5. The first-order chi connectivity index (χ1) is 9.24. The SMILES string of the molecule is Cc1sc(N2CCNCC2)nc1-c1ccc(F)cn1. The summed E-state index contributed by atoms with van der Waals surface area (Å²) in [6, 6.07) is 3.10. The lowest BCUT2D eigenvalue weighted by Gasteiger charge is -2.26. The van der Waals surface area contributed by atoms with Crippen molar-refractivity contribution >= 4 is 16.5 Å². The summed E-state index contributed by atoms with van der Waals surface area (Å²) in [6.45, 7) is 5.96. The average molecular weight is 278 g/mol. The van der Waals surface area contributed by atoms with Crippen molar-refractivity contribution in [2.75, 3.05) is 31.1 Å². The number of pyridine rings is 1. The van der Waals surface area contributed by atoms with E-state index in [9.17, 15) is 4.39 Å². The Kier molecular flexibility index (Phi) is 3.44. The Labute approximate surface area is 115 Å². The topological polar surface area (TPSA) is 41.0 Å². The lowest BCUT2D eigenvalue weighted by molar-refractivity contribution is 0.588. The van der Waals surface area contributed by atoms with E-state index in [2.05, 4.69) is 20.2 Å². The number of halogens is 1. The number of anilines is 1. The minimum atomic E-state index is -0.320. The minimum absolute atomic E-state index is 0.320. The van der Waals surface area contributed by atoms with Crippen LogP contribution in [0.2, 0.25) is 0 Å². The molecule has 6 heteroatoms. The highest BCUT2D eigenvalue weighted by molar-refractivity contribution is 7.16. The molecule has 0 bridgehead atoms. The van der Waals surface area contributed by atoms with Gasteiger partial charge in [-0.1, -0.05) is 0 Å². The number of hydrogen-bond donors (Lipinski definition) is 1. The summed E-state index contributed by atoms with van der Waals surface area (Å²) in [5, 5.41) is 4.35. The summed E-state index contributed by atoms with van der Waals surface area (Å²) in [5.41, 5.74) is 1.59. The van der Waals surface area contributed by atoms with E-state index in [0.29, 0.717) is 0 Å². The lowest BCUT2D eigenvalue weighted by atomic mass is 10.2. The number of aromatic nitrogens is 2. The number of aryl methyl sites for hydroxylation is 1. The van der Waals surface area contributed by atoms with Gasteiger partial charge in [-0.3, -0.25) is 4.98 Å². The number of piperazine rings is 1. The van der Waals surface area contributed by atoms with E-state index in [4.69, 9.17) is 0 Å². The Balaban J connectivity index is 1.90. The summed E-state index contributed by atoms with van der Waals surface area (Å²) < 4.78 is 12.9. The van der Waals surface area contributed by atoms with Gasteiger partial charge >= 0.3 is 0 Å². The maximum absolute atomic E-state index is 12.9. The second-order valence-corrected chi connectivity index (χ2v) is 5.68. The van der Waals surface area contributed by atoms with Crippen LogP contribution in [0.15, 0.2) is 18.3 Å². The normalized spacial score (nSPS) is 15.8. The molecule has 0 unspecified atom stereocenters. The molecule has 4 nitrogen and oxygen atoms in total. The van der Waals surface area contributed by atoms with Gasteiger partial charge in [-0.2, -0.15) is 0 Å². The Morgan fingerprint density at radius 3 is 2.79 bits per heavy atom. The van der Waals surface area contributed by atoms with Crippen LogP contribution in [0, 0.1) is 12.7 Å². The monoisotopic (exact) mass is 278 g/mol. The van der Waals surface area contributed by atoms with Crippen LogP contribution < -0.4 is 10.2 Å². The highest BCUT2D eigenvalue weighted by Gasteiger charge is 2.17. The number of nitrogens with zero attached hydrogens (tertiary/aromatic N) is 3. The molecule has 1 N–H and O–H groups in total. The molecule has 1 saturated heterocycles. The van der Waals surface area contributed by atoms with Crippen molar-refractivity contribution < 1.29 is 4.39 Å². The van der Waals surface area contributed by atoms with Crippen molar-refractivity contribution in [2.24, 2.45) is 0 Å². The predicted octanol–water partition coefficient (Wildman–Crippen LogP) is 2.06. The first-order valence-electron chi connectivity index (χ1n) is 6.29. The standard InChI is InChI=1S/C13H15FN4S/c1-9-12(11-3-2-10(14)8-16-11)17-13(19-9)18-6-4-15-5-7-18/h2-3,8,15H,4-7H2,1H3. The molecule has 3 rings (SSSR count). The van der Waals surface area contributed by atoms with Crippen LogP contribution in [-0.4, -0.2) is 36.1 Å². The third-order valence-corrected chi connectivity index (χ3v) is 4.17. The van der Waals surface area contributed by atoms with Crippen LogP contribution >= 0.6 is 11.3 Å². The maximum atomic E-state index is 12.9. The molecule has 1 fully saturated rings. The van der Waals surface area contributed by atoms with Gasteiger partial charge in [-0.15, -0.1) is 11.3 Å². The molecule has 1 aliphatic rings. The van der Waals surface area contributed by atoms with Gasteiger partial charge in [0.25, 0.3) is 0 Å². The number of thiazole rings is 1. The van der Waals surface area contributed by atoms with Gasteiger partial charge in [0.15, 0.2) is 5.13 Å². The Hall–Kier alpha value is -1.53. The lowest BCUT2D eigenvalue weighted by Crippen LogP contribution is -2.43. The van der Waals surface area contributed by atoms with Crippen LogP contribution in [0.1, 0.15) is 4.88 Å². The van der Waals surface area contributed by atoms with E-state index in [1.807, 2.05) is 6.92 Å². The fourth-order valence-corrected chi connectivity index (χ4v) is 3.10. The van der Waals surface area contributed by atoms with Crippen molar-refractivity contribution in [1.82, 2.24) is 15.3 Å². The Morgan fingerprint density at radius 2 is 2.11 bits per heavy atom. The molecular weight excluding hydrogens is 263 g/mol. The van der Waals surface area contributed by atoms with Crippen LogP contribution in [0.4, 0.5) is 9.52 Å². The number of rotatable bonds is 2. The van der Waals surface area contributed by atoms with Crippen molar-refractivity contribution in [3.8, 4) is 11.4 Å². The van der Waals surface area contributed by atoms with Crippen LogP contribution in [0.3, 0.4) is 0 Å². The summed E-state index contributed by atoms with van der Waals surface area (Å²) in [5.74, 6) is -0.320. The fraction of sp³-hybridized carbons (Fsp3) is 0.385. The fourth-order valence-electron chi connectivity index (χ4n) is 2.13. The van der Waals surface area contributed by atoms with Crippen molar-refractivity contribution in [3.63, 3.8) is 0 Å². The van der Waals surface area contributed by atoms with Gasteiger partial charge in [-0.25, -0.2) is 9.37 Å². The molecular formula is C13H15FN4S. The Bertz CT molecular complexity index is 561. The van der Waals surface area contributed by atoms with E-state index in [0.717, 1.165) is 47.6 Å². The molecule has 0 atom stereocenters. The molecule has 0 aliphatic carbocycles. The summed E-state index contributed by atoms with van der Waals surface area (Å²) in [7, 11) is 0. The first-order valence-corrected chi connectivity index (χ1v) is 7.11. The van der Waals surface area contributed by atoms with E-state index in [1.54, 1.807) is 17.4 Å². The van der Waals surface area contributed by atoms with Crippen LogP contribution in [0.5, 0.6) is 0 Å². The molecule has 19 heavy (non-hydrogen) atoms. The highest BCUT2D eigenvalue weighted by atomic mass is 32.1. The van der Waals surface area contributed by atoms with Gasteiger partial charge < -0.3 is 10.2 Å². The molecule has 2 aromatic rings. The third kappa shape index (κ3) is 2.59. The van der Waals surface area contributed by atoms with Gasteiger partial charge in [0, 0.05) is 31.1 Å². The zero-order chi connectivity index (χ0) is 13.2. The van der Waals surface area contributed by atoms with E-state index in [-0.39, 0.29) is 5.82 Å². The highest BCUT2D eigenvalue weighted by Crippen LogP contribution is 2.31. The van der Waals surface area contributed by atoms with E-state index in [1.165, 1.54) is 12.3 Å². The molecule has 0 amide bonds. The molecule has 3 heterocycles. The van der Waals surface area contributed by atoms with E-state index >= 15 is 0 Å². The molecule has 0 aromatic carbocycles. The molecule has 0 spiro atoms. The van der Waals surface area contributed by atoms with Gasteiger partial charge in [0.1, 0.15) is 11.5 Å². The number of hydrogen-bond acceptors (Lipinski definition) is 5. The van der Waals surface area contributed by atoms with Crippen LogP contribution in [-0.2, 0) is 0 Å². The third-order valence-electron chi connectivity index (χ3n) is 3.14. The quantitative estimate of drug-likeness (QED) is 0.913. The molecule has 1 aliphatic heterocycles. The minimum Gasteiger partial charge on any atom is -0.346 e. The number of nitrogens with one attached hydrogen (secondary N) is 1. The summed E-state index contributed by atoms with van der Waals surface area (Å²) in [4.78, 5) is 12.2. The second kappa shape index (κ2) is 5.22. The summed E-state index contributed by atoms with van der Waals surface area (Å²) in [6.07, 6.45) is 1.23. The van der Waals surface area contributed by atoms with Gasteiger partial charge in [0.05, 0.1) is 11.9 Å². The Morgan fingerprint density at radius 1 is 1.32 bits per heavy atom. The molecule has 0 radical (unpaired) electrons. The maximum Gasteiger partial charge on any atom is 0.186 e. The molecule has 2 aromatic heterocycles. The van der Waals surface area contributed by atoms with Gasteiger partial charge in [0.2, 0.25) is 0 Å². The van der Waals surface area contributed by atoms with Crippen LogP contribution in [0.25, 0.3) is 11.4 Å². The smallest absolute Gasteiger partial charge is 0.186 e. The largest absolute Gasteiger partial charge is 0.346 e. The van der Waals surface area contributed by atoms with Gasteiger partial charge in [-0.05, 0) is 19.1 Å². The second-order valence-electron chi connectivity index (χ2n) is 4.50. The van der Waals surface area contributed by atoms with E-state index < -0.39 is 0 Å². The summed E-state index contributed by atoms with van der Waals surface area (Å²) >= 11 is 1.67. The molecule has 100 valence electrons. The average Bonchev–Trinajstić information content (AvgIpc) is 2.83. The predicted molar refractivity (Wildman–Crippen MR) is 75.1 cm³/mol. The van der Waals surface area contributed by atoms with Crippen molar-refractivity contribution in [1.29, 1.82) is 0 Å². The molecule has 0 saturated carbocycles. The van der Waals surface area contributed by atoms with Crippen molar-refractivity contribution in [3.05, 3.63) is 29.0 Å². The van der Waals surface area contributed by atoms with Crippen molar-refractivity contribution in [2.45, 2.75) is 6.92 Å². The zero-order valence-electron chi connectivity index (χ0n) is 10.7.